The second-order valence-corrected chi connectivity index (χ2v) is 5.80. The van der Waals surface area contributed by atoms with Crippen LogP contribution in [0, 0.1) is 0 Å². The van der Waals surface area contributed by atoms with Gasteiger partial charge in [-0.3, -0.25) is 0 Å². The highest BCUT2D eigenvalue weighted by Crippen LogP contribution is 2.04. The second-order valence-electron chi connectivity index (χ2n) is 5.80. The van der Waals surface area contributed by atoms with E-state index in [-0.39, 0.29) is 44.2 Å². The summed E-state index contributed by atoms with van der Waals surface area (Å²) in [5, 5.41) is 64.4. The van der Waals surface area contributed by atoms with E-state index in [0.717, 1.165) is 18.2 Å². The first-order valence-corrected chi connectivity index (χ1v) is 9.81. The number of carbonyl (C=O) groups excluding carboxylic acids is 2. The van der Waals surface area contributed by atoms with Crippen LogP contribution in [0.5, 0.6) is 0 Å². The third kappa shape index (κ3) is 26.9. The van der Waals surface area contributed by atoms with Crippen molar-refractivity contribution in [2.45, 2.75) is 13.0 Å². The normalized spacial score (nSPS) is 11.6. The molecule has 0 spiro atoms. The second kappa shape index (κ2) is 25.4. The third-order valence-electron chi connectivity index (χ3n) is 2.75. The van der Waals surface area contributed by atoms with Crippen molar-refractivity contribution < 1.29 is 69.5 Å². The SMILES string of the molecule is CC(O)CO.O=C(O)c1cccc(C(=O)O)c1.O=C1C=CC(=O)O1.OCCO.OCCOCCO. The molecule has 0 aliphatic carbocycles. The van der Waals surface area contributed by atoms with Gasteiger partial charge in [0, 0.05) is 12.2 Å². The number of rotatable bonds is 8. The lowest BCUT2D eigenvalue weighted by molar-refractivity contribution is -0.150. The van der Waals surface area contributed by atoms with Crippen molar-refractivity contribution in [2.75, 3.05) is 46.2 Å². The molecule has 1 aromatic rings. The van der Waals surface area contributed by atoms with Gasteiger partial charge in [0.15, 0.2) is 0 Å². The Labute approximate surface area is 200 Å². The molecule has 0 radical (unpaired) electrons. The number of cyclic esters (lactones) is 2. The summed E-state index contributed by atoms with van der Waals surface area (Å²) in [6.07, 6.45) is 1.61. The summed E-state index contributed by atoms with van der Waals surface area (Å²) in [4.78, 5) is 40.6. The molecule has 0 fully saturated rings. The van der Waals surface area contributed by atoms with Crippen LogP contribution < -0.4 is 0 Å². The summed E-state index contributed by atoms with van der Waals surface area (Å²) >= 11 is 0. The number of ether oxygens (including phenoxy) is 2. The molecule has 1 aromatic carbocycles. The number of esters is 2. The Kier molecular flexibility index (Phi) is 26.3. The standard InChI is InChI=1S/C8H6O4.C4H2O3.C4H10O3.C3H8O2.C2H6O2/c9-7(10)5-2-1-3-6(4-5)8(11)12;5-3-1-2-4(6)7-3;5-1-3-7-4-2-6;1-3(5)2-4;3-1-2-4/h1-4H,(H,9,10)(H,11,12);1-2H;5-6H,1-4H2;3-5H,2H2,1H3;3-4H,1-2H2. The smallest absolute Gasteiger partial charge is 0.338 e. The summed E-state index contributed by atoms with van der Waals surface area (Å²) in [5.41, 5.74) is -0.0372. The van der Waals surface area contributed by atoms with Crippen LogP contribution in [0.3, 0.4) is 0 Å². The van der Waals surface area contributed by atoms with Gasteiger partial charge >= 0.3 is 23.9 Å². The Morgan fingerprint density at radius 2 is 1.20 bits per heavy atom. The van der Waals surface area contributed by atoms with E-state index in [0.29, 0.717) is 13.2 Å². The molecule has 1 aliphatic heterocycles. The maximum Gasteiger partial charge on any atom is 0.338 e. The number of hydrogen-bond acceptors (Lipinski definition) is 12. The fourth-order valence-corrected chi connectivity index (χ4v) is 1.32. The summed E-state index contributed by atoms with van der Waals surface area (Å²) in [5.74, 6) is -3.41. The Bertz CT molecular complexity index is 694. The number of aromatic carboxylic acids is 2. The summed E-state index contributed by atoms with van der Waals surface area (Å²) < 4.78 is 8.60. The number of benzene rings is 1. The van der Waals surface area contributed by atoms with E-state index in [1.165, 1.54) is 25.1 Å². The Morgan fingerprint density at radius 1 is 0.829 bits per heavy atom. The molecule has 14 heteroatoms. The molecular formula is C21H32O14. The molecule has 1 unspecified atom stereocenters. The predicted molar refractivity (Wildman–Crippen MR) is 119 cm³/mol. The van der Waals surface area contributed by atoms with E-state index in [1.54, 1.807) is 0 Å². The molecule has 1 aliphatic rings. The van der Waals surface area contributed by atoms with Crippen molar-refractivity contribution in [3.8, 4) is 0 Å². The van der Waals surface area contributed by atoms with E-state index in [4.69, 9.17) is 40.9 Å². The van der Waals surface area contributed by atoms with Crippen molar-refractivity contribution in [2.24, 2.45) is 0 Å². The average Bonchev–Trinajstić information content (AvgIpc) is 3.23. The number of carboxylic acid groups (broad SMARTS) is 2. The fraction of sp³-hybridized carbons (Fsp3) is 0.429. The van der Waals surface area contributed by atoms with Gasteiger partial charge in [0.2, 0.25) is 0 Å². The van der Waals surface area contributed by atoms with Gasteiger partial charge in [-0.25, -0.2) is 19.2 Å². The molecule has 200 valence electrons. The molecule has 2 rings (SSSR count). The first-order valence-electron chi connectivity index (χ1n) is 9.81. The van der Waals surface area contributed by atoms with E-state index in [9.17, 15) is 19.2 Å². The number of aliphatic hydroxyl groups excluding tert-OH is 6. The fourth-order valence-electron chi connectivity index (χ4n) is 1.32. The van der Waals surface area contributed by atoms with Crippen molar-refractivity contribution >= 4 is 23.9 Å². The summed E-state index contributed by atoms with van der Waals surface area (Å²) in [6.45, 7) is 1.83. The quantitative estimate of drug-likeness (QED) is 0.108. The Morgan fingerprint density at radius 3 is 1.40 bits per heavy atom. The lowest BCUT2D eigenvalue weighted by atomic mass is 10.1. The van der Waals surface area contributed by atoms with Crippen LogP contribution in [-0.2, 0) is 19.1 Å². The van der Waals surface area contributed by atoms with Crippen LogP contribution in [0.15, 0.2) is 36.4 Å². The van der Waals surface area contributed by atoms with Crippen LogP contribution in [0.2, 0.25) is 0 Å². The molecule has 0 bridgehead atoms. The zero-order valence-electron chi connectivity index (χ0n) is 19.0. The minimum absolute atomic E-state index is 0.0186. The topological polar surface area (TPSA) is 249 Å². The van der Waals surface area contributed by atoms with Crippen LogP contribution in [0.1, 0.15) is 27.6 Å². The molecule has 1 atom stereocenters. The zero-order chi connectivity index (χ0) is 27.6. The Balaban J connectivity index is -0.000000389. The maximum absolute atomic E-state index is 10.4. The molecule has 8 N–H and O–H groups in total. The van der Waals surface area contributed by atoms with Gasteiger partial charge in [0.25, 0.3) is 0 Å². The average molecular weight is 508 g/mol. The van der Waals surface area contributed by atoms with Crippen LogP contribution >= 0.6 is 0 Å². The van der Waals surface area contributed by atoms with Gasteiger partial charge in [-0.15, -0.1) is 0 Å². The lowest BCUT2D eigenvalue weighted by Crippen LogP contribution is -2.03. The van der Waals surface area contributed by atoms with Gasteiger partial charge < -0.3 is 50.3 Å². The lowest BCUT2D eigenvalue weighted by Gasteiger charge is -1.95. The highest BCUT2D eigenvalue weighted by molar-refractivity contribution is 6.04. The van der Waals surface area contributed by atoms with Crippen molar-refractivity contribution in [1.82, 2.24) is 0 Å². The van der Waals surface area contributed by atoms with Gasteiger partial charge in [-0.2, -0.15) is 0 Å². The largest absolute Gasteiger partial charge is 0.478 e. The zero-order valence-corrected chi connectivity index (χ0v) is 19.0. The molecule has 0 saturated heterocycles. The highest BCUT2D eigenvalue weighted by atomic mass is 16.6. The highest BCUT2D eigenvalue weighted by Gasteiger charge is 2.10. The van der Waals surface area contributed by atoms with Gasteiger partial charge in [-0.05, 0) is 25.1 Å². The first kappa shape index (κ1) is 36.3. The van der Waals surface area contributed by atoms with Crippen molar-refractivity contribution in [3.63, 3.8) is 0 Å². The molecule has 0 saturated carbocycles. The van der Waals surface area contributed by atoms with E-state index in [2.05, 4.69) is 9.47 Å². The first-order chi connectivity index (χ1) is 16.5. The minimum Gasteiger partial charge on any atom is -0.478 e. The molecule has 35 heavy (non-hydrogen) atoms. The van der Waals surface area contributed by atoms with E-state index in [1.807, 2.05) is 0 Å². The summed E-state index contributed by atoms with van der Waals surface area (Å²) in [6, 6.07) is 5.20. The van der Waals surface area contributed by atoms with Gasteiger partial charge in [-0.1, -0.05) is 6.07 Å². The number of aliphatic hydroxyl groups is 6. The van der Waals surface area contributed by atoms with E-state index < -0.39 is 30.0 Å². The molecular weight excluding hydrogens is 476 g/mol. The van der Waals surface area contributed by atoms with Crippen LogP contribution in [-0.4, -0.2) is 117 Å². The maximum atomic E-state index is 10.4. The van der Waals surface area contributed by atoms with Crippen molar-refractivity contribution in [3.05, 3.63) is 47.5 Å². The molecule has 1 heterocycles. The summed E-state index contributed by atoms with van der Waals surface area (Å²) in [7, 11) is 0. The monoisotopic (exact) mass is 508 g/mol. The van der Waals surface area contributed by atoms with Gasteiger partial charge in [0.05, 0.1) is 63.5 Å². The molecule has 0 amide bonds. The van der Waals surface area contributed by atoms with Crippen molar-refractivity contribution in [1.29, 1.82) is 0 Å². The number of carboxylic acids is 2. The minimum atomic E-state index is -1.13. The third-order valence-corrected chi connectivity index (χ3v) is 2.75. The number of hydrogen-bond donors (Lipinski definition) is 8. The Hall–Kier alpha value is -3.24. The molecule has 14 nitrogen and oxygen atoms in total. The molecule has 0 aromatic heterocycles. The predicted octanol–water partition coefficient (Wildman–Crippen LogP) is -1.97. The van der Waals surface area contributed by atoms with Crippen LogP contribution in [0.4, 0.5) is 0 Å². The van der Waals surface area contributed by atoms with E-state index >= 15 is 0 Å². The van der Waals surface area contributed by atoms with Crippen LogP contribution in [0.25, 0.3) is 0 Å². The van der Waals surface area contributed by atoms with Gasteiger partial charge in [0.1, 0.15) is 0 Å². The number of carbonyl (C=O) groups is 4.